The lowest BCUT2D eigenvalue weighted by Gasteiger charge is -2.33. The molecule has 4 heteroatoms. The van der Waals surface area contributed by atoms with E-state index in [0.29, 0.717) is 6.42 Å². The lowest BCUT2D eigenvalue weighted by Crippen LogP contribution is -2.52. The molecule has 0 aliphatic heterocycles. The fourth-order valence-corrected chi connectivity index (χ4v) is 2.39. The lowest BCUT2D eigenvalue weighted by atomic mass is 9.96. The van der Waals surface area contributed by atoms with Crippen molar-refractivity contribution in [3.63, 3.8) is 0 Å². The number of rotatable bonds is 5. The van der Waals surface area contributed by atoms with Crippen LogP contribution in [0, 0.1) is 0 Å². The second-order valence-corrected chi connectivity index (χ2v) is 4.73. The largest absolute Gasteiger partial charge is 0.394 e. The smallest absolute Gasteiger partial charge is 0.0650 e. The highest BCUT2D eigenvalue weighted by Gasteiger charge is 2.33. The molecule has 1 aliphatic rings. The molecule has 1 aromatic rings. The molecule has 0 amide bonds. The minimum atomic E-state index is -0.593. The fourth-order valence-electron chi connectivity index (χ4n) is 2.39. The van der Waals surface area contributed by atoms with Gasteiger partial charge in [0, 0.05) is 6.20 Å². The van der Waals surface area contributed by atoms with E-state index in [1.807, 2.05) is 13.0 Å². The molecule has 0 fully saturated rings. The standard InChI is InChI=1S/C13H20N2O2/c1-2-13(8-16,9-17)15-11-6-5-10-4-3-7-14-12(10)11/h3-4,7,11,15-17H,2,5-6,8-9H2,1H3. The zero-order chi connectivity index (χ0) is 12.3. The maximum Gasteiger partial charge on any atom is 0.0650 e. The van der Waals surface area contributed by atoms with Crippen LogP contribution in [0.25, 0.3) is 0 Å². The Morgan fingerprint density at radius 2 is 2.24 bits per heavy atom. The van der Waals surface area contributed by atoms with Crippen LogP contribution in [0.5, 0.6) is 0 Å². The van der Waals surface area contributed by atoms with Crippen molar-refractivity contribution in [3.05, 3.63) is 29.6 Å². The molecule has 1 aliphatic carbocycles. The molecule has 17 heavy (non-hydrogen) atoms. The molecule has 1 aromatic heterocycles. The van der Waals surface area contributed by atoms with E-state index in [4.69, 9.17) is 0 Å². The van der Waals surface area contributed by atoms with Crippen molar-refractivity contribution < 1.29 is 10.2 Å². The van der Waals surface area contributed by atoms with Crippen LogP contribution in [-0.2, 0) is 6.42 Å². The number of nitrogens with one attached hydrogen (secondary N) is 1. The van der Waals surface area contributed by atoms with Gasteiger partial charge in [-0.15, -0.1) is 0 Å². The maximum absolute atomic E-state index is 9.44. The third kappa shape index (κ3) is 2.34. The lowest BCUT2D eigenvalue weighted by molar-refractivity contribution is 0.0771. The Kier molecular flexibility index (Phi) is 3.76. The number of nitrogens with zero attached hydrogens (tertiary/aromatic N) is 1. The summed E-state index contributed by atoms with van der Waals surface area (Å²) in [6.45, 7) is 1.85. The Hall–Kier alpha value is -0.970. The molecule has 0 spiro atoms. The second-order valence-electron chi connectivity index (χ2n) is 4.73. The van der Waals surface area contributed by atoms with Gasteiger partial charge >= 0.3 is 0 Å². The molecule has 1 heterocycles. The van der Waals surface area contributed by atoms with Crippen LogP contribution >= 0.6 is 0 Å². The van der Waals surface area contributed by atoms with Gasteiger partial charge in [0.1, 0.15) is 0 Å². The summed E-state index contributed by atoms with van der Waals surface area (Å²) in [5.74, 6) is 0. The molecular weight excluding hydrogens is 216 g/mol. The van der Waals surface area contributed by atoms with Gasteiger partial charge in [0.25, 0.3) is 0 Å². The van der Waals surface area contributed by atoms with Crippen molar-refractivity contribution in [3.8, 4) is 0 Å². The zero-order valence-corrected chi connectivity index (χ0v) is 10.2. The number of fused-ring (bicyclic) bond motifs is 1. The van der Waals surface area contributed by atoms with E-state index < -0.39 is 5.54 Å². The molecular formula is C13H20N2O2. The van der Waals surface area contributed by atoms with Crippen LogP contribution in [0.2, 0.25) is 0 Å². The van der Waals surface area contributed by atoms with Gasteiger partial charge < -0.3 is 10.2 Å². The molecule has 4 nitrogen and oxygen atoms in total. The summed E-state index contributed by atoms with van der Waals surface area (Å²) in [4.78, 5) is 4.40. The molecule has 94 valence electrons. The number of aliphatic hydroxyl groups is 2. The van der Waals surface area contributed by atoms with Gasteiger partial charge in [0.2, 0.25) is 0 Å². The maximum atomic E-state index is 9.44. The van der Waals surface area contributed by atoms with Gasteiger partial charge in [0.05, 0.1) is 30.5 Å². The van der Waals surface area contributed by atoms with E-state index in [0.717, 1.165) is 18.5 Å². The fraction of sp³-hybridized carbons (Fsp3) is 0.615. The quantitative estimate of drug-likeness (QED) is 0.707. The van der Waals surface area contributed by atoms with Crippen LogP contribution in [0.1, 0.15) is 37.1 Å². The average molecular weight is 236 g/mol. The van der Waals surface area contributed by atoms with Crippen LogP contribution in [0.3, 0.4) is 0 Å². The highest BCUT2D eigenvalue weighted by Crippen LogP contribution is 2.31. The molecule has 2 rings (SSSR count). The van der Waals surface area contributed by atoms with E-state index in [9.17, 15) is 10.2 Å². The number of aliphatic hydroxyl groups excluding tert-OH is 2. The summed E-state index contributed by atoms with van der Waals surface area (Å²) in [6, 6.07) is 4.19. The topological polar surface area (TPSA) is 65.4 Å². The second kappa shape index (κ2) is 5.12. The Morgan fingerprint density at radius 1 is 1.47 bits per heavy atom. The van der Waals surface area contributed by atoms with Gasteiger partial charge in [-0.3, -0.25) is 10.3 Å². The van der Waals surface area contributed by atoms with Gasteiger partial charge in [-0.05, 0) is 30.9 Å². The number of hydrogen-bond acceptors (Lipinski definition) is 4. The van der Waals surface area contributed by atoms with E-state index >= 15 is 0 Å². The Bertz CT molecular complexity index is 369. The van der Waals surface area contributed by atoms with Crippen LogP contribution < -0.4 is 5.32 Å². The summed E-state index contributed by atoms with van der Waals surface area (Å²) in [7, 11) is 0. The minimum Gasteiger partial charge on any atom is -0.394 e. The van der Waals surface area contributed by atoms with Crippen molar-refractivity contribution in [1.29, 1.82) is 0 Å². The van der Waals surface area contributed by atoms with Gasteiger partial charge in [-0.2, -0.15) is 0 Å². The van der Waals surface area contributed by atoms with E-state index in [2.05, 4.69) is 16.4 Å². The van der Waals surface area contributed by atoms with Crippen LogP contribution in [0.15, 0.2) is 18.3 Å². The first-order valence-electron chi connectivity index (χ1n) is 6.18. The minimum absolute atomic E-state index is 0.0569. The molecule has 1 atom stereocenters. The Labute approximate surface area is 102 Å². The average Bonchev–Trinajstić information content (AvgIpc) is 2.79. The van der Waals surface area contributed by atoms with Crippen molar-refractivity contribution in [2.45, 2.75) is 37.8 Å². The van der Waals surface area contributed by atoms with Crippen molar-refractivity contribution in [2.75, 3.05) is 13.2 Å². The van der Waals surface area contributed by atoms with E-state index in [1.54, 1.807) is 6.20 Å². The molecule has 0 saturated heterocycles. The van der Waals surface area contributed by atoms with Crippen molar-refractivity contribution in [1.82, 2.24) is 10.3 Å². The van der Waals surface area contributed by atoms with Gasteiger partial charge in [-0.25, -0.2) is 0 Å². The first kappa shape index (κ1) is 12.5. The SMILES string of the molecule is CCC(CO)(CO)NC1CCc2cccnc21. The van der Waals surface area contributed by atoms with Gasteiger partial charge in [-0.1, -0.05) is 13.0 Å². The highest BCUT2D eigenvalue weighted by molar-refractivity contribution is 5.28. The predicted molar refractivity (Wildman–Crippen MR) is 65.6 cm³/mol. The third-order valence-electron chi connectivity index (χ3n) is 3.72. The summed E-state index contributed by atoms with van der Waals surface area (Å²) in [6.07, 6.45) is 4.48. The Balaban J connectivity index is 2.16. The van der Waals surface area contributed by atoms with Gasteiger partial charge in [0.15, 0.2) is 0 Å². The highest BCUT2D eigenvalue weighted by atomic mass is 16.3. The molecule has 0 saturated carbocycles. The number of hydrogen-bond donors (Lipinski definition) is 3. The molecule has 0 bridgehead atoms. The van der Waals surface area contributed by atoms with Crippen molar-refractivity contribution in [2.24, 2.45) is 0 Å². The van der Waals surface area contributed by atoms with Crippen molar-refractivity contribution >= 4 is 0 Å². The molecule has 3 N–H and O–H groups in total. The molecule has 0 aromatic carbocycles. The van der Waals surface area contributed by atoms with Crippen LogP contribution in [-0.4, -0.2) is 33.9 Å². The number of aryl methyl sites for hydroxylation is 1. The first-order valence-corrected chi connectivity index (χ1v) is 6.18. The summed E-state index contributed by atoms with van der Waals surface area (Å²) in [5.41, 5.74) is 1.74. The predicted octanol–water partition coefficient (Wildman–Crippen LogP) is 0.792. The number of pyridine rings is 1. The monoisotopic (exact) mass is 236 g/mol. The Morgan fingerprint density at radius 3 is 2.88 bits per heavy atom. The first-order chi connectivity index (χ1) is 8.24. The summed E-state index contributed by atoms with van der Waals surface area (Å²) in [5, 5.41) is 22.3. The number of aromatic nitrogens is 1. The van der Waals surface area contributed by atoms with Crippen LogP contribution in [0.4, 0.5) is 0 Å². The molecule has 0 radical (unpaired) electrons. The summed E-state index contributed by atoms with van der Waals surface area (Å²) < 4.78 is 0. The summed E-state index contributed by atoms with van der Waals surface area (Å²) >= 11 is 0. The van der Waals surface area contributed by atoms with E-state index in [1.165, 1.54) is 5.56 Å². The third-order valence-corrected chi connectivity index (χ3v) is 3.72. The van der Waals surface area contributed by atoms with E-state index in [-0.39, 0.29) is 19.3 Å². The normalized spacial score (nSPS) is 19.4. The zero-order valence-electron chi connectivity index (χ0n) is 10.2. The molecule has 1 unspecified atom stereocenters.